The molecule has 0 saturated carbocycles. The maximum absolute atomic E-state index is 4.85. The van der Waals surface area contributed by atoms with Crippen LogP contribution in [0.2, 0.25) is 0 Å². The number of amidine groups is 1. The summed E-state index contributed by atoms with van der Waals surface area (Å²) in [6.45, 7) is 2.08. The quantitative estimate of drug-likeness (QED) is 0.704. The van der Waals surface area contributed by atoms with Crippen molar-refractivity contribution >= 4 is 23.3 Å². The van der Waals surface area contributed by atoms with E-state index in [-0.39, 0.29) is 0 Å². The number of hydrogen-bond donors (Lipinski definition) is 1. The van der Waals surface area contributed by atoms with Gasteiger partial charge in [-0.25, -0.2) is 4.99 Å². The van der Waals surface area contributed by atoms with Crippen LogP contribution in [0.1, 0.15) is 11.1 Å². The van der Waals surface area contributed by atoms with Crippen molar-refractivity contribution in [2.75, 3.05) is 5.32 Å². The molecule has 1 aliphatic heterocycles. The summed E-state index contributed by atoms with van der Waals surface area (Å²) in [6, 6.07) is 20.4. The number of aliphatic imine (C=N–C) groups is 1. The highest BCUT2D eigenvalue weighted by Crippen LogP contribution is 2.38. The molecule has 0 unspecified atom stereocenters. The minimum atomic E-state index is 0.807. The van der Waals surface area contributed by atoms with Crippen LogP contribution in [0.3, 0.4) is 0 Å². The smallest absolute Gasteiger partial charge is 0.131 e. The number of para-hydroxylation sites is 1. The van der Waals surface area contributed by atoms with Crippen LogP contribution >= 0.6 is 0 Å². The summed E-state index contributed by atoms with van der Waals surface area (Å²) in [4.78, 5) is 9.40. The Kier molecular flexibility index (Phi) is 3.67. The molecule has 24 heavy (non-hydrogen) atoms. The average molecular weight is 311 g/mol. The van der Waals surface area contributed by atoms with Gasteiger partial charge in [0, 0.05) is 11.8 Å². The molecule has 0 fully saturated rings. The molecule has 2 aromatic carbocycles. The fourth-order valence-corrected chi connectivity index (χ4v) is 2.82. The molecular weight excluding hydrogens is 294 g/mol. The predicted octanol–water partition coefficient (Wildman–Crippen LogP) is 5.23. The summed E-state index contributed by atoms with van der Waals surface area (Å²) < 4.78 is 0. The highest BCUT2D eigenvalue weighted by molar-refractivity contribution is 6.11. The topological polar surface area (TPSA) is 37.3 Å². The lowest BCUT2D eigenvalue weighted by atomic mass is 10.0. The van der Waals surface area contributed by atoms with Crippen molar-refractivity contribution in [3.63, 3.8) is 0 Å². The molecule has 3 heteroatoms. The van der Waals surface area contributed by atoms with Gasteiger partial charge in [-0.05, 0) is 36.3 Å². The number of hydrogen-bond acceptors (Lipinski definition) is 3. The van der Waals surface area contributed by atoms with Gasteiger partial charge >= 0.3 is 0 Å². The molecule has 0 saturated heterocycles. The number of nitrogens with one attached hydrogen (secondary N) is 1. The van der Waals surface area contributed by atoms with Crippen LogP contribution in [0.15, 0.2) is 77.9 Å². The third-order valence-electron chi connectivity index (χ3n) is 4.03. The average Bonchev–Trinajstić information content (AvgIpc) is 2.79. The first kappa shape index (κ1) is 14.4. The number of benzene rings is 2. The molecule has 3 nitrogen and oxygen atoms in total. The van der Waals surface area contributed by atoms with Gasteiger partial charge in [-0.3, -0.25) is 4.98 Å². The van der Waals surface area contributed by atoms with Crippen molar-refractivity contribution in [2.45, 2.75) is 6.92 Å². The molecule has 0 bridgehead atoms. The summed E-state index contributed by atoms with van der Waals surface area (Å²) in [5.74, 6) is 0.807. The van der Waals surface area contributed by atoms with E-state index in [0.29, 0.717) is 0 Å². The van der Waals surface area contributed by atoms with Gasteiger partial charge in [-0.1, -0.05) is 54.6 Å². The van der Waals surface area contributed by atoms with Gasteiger partial charge in [0.2, 0.25) is 0 Å². The lowest BCUT2D eigenvalue weighted by Gasteiger charge is -2.08. The van der Waals surface area contributed by atoms with Crippen molar-refractivity contribution in [3.8, 4) is 11.3 Å². The molecule has 0 atom stereocenters. The van der Waals surface area contributed by atoms with Crippen LogP contribution in [0.5, 0.6) is 0 Å². The fraction of sp³-hybridized carbons (Fsp3) is 0.0476. The lowest BCUT2D eigenvalue weighted by molar-refractivity contribution is 1.32. The Bertz CT molecular complexity index is 940. The maximum Gasteiger partial charge on any atom is 0.131 e. The molecule has 1 aliphatic rings. The zero-order valence-corrected chi connectivity index (χ0v) is 13.4. The normalized spacial score (nSPS) is 12.8. The van der Waals surface area contributed by atoms with E-state index < -0.39 is 0 Å². The second-order valence-corrected chi connectivity index (χ2v) is 5.74. The van der Waals surface area contributed by atoms with Gasteiger partial charge < -0.3 is 5.32 Å². The fourth-order valence-electron chi connectivity index (χ4n) is 2.82. The number of aryl methyl sites for hydroxylation is 1. The van der Waals surface area contributed by atoms with E-state index >= 15 is 0 Å². The maximum atomic E-state index is 4.85. The summed E-state index contributed by atoms with van der Waals surface area (Å²) in [6.07, 6.45) is 5.89. The Morgan fingerprint density at radius 2 is 1.75 bits per heavy atom. The summed E-state index contributed by atoms with van der Waals surface area (Å²) in [5, 5.41) is 3.40. The molecule has 0 amide bonds. The number of anilines is 1. The van der Waals surface area contributed by atoms with Crippen molar-refractivity contribution in [1.29, 1.82) is 0 Å². The summed E-state index contributed by atoms with van der Waals surface area (Å²) in [7, 11) is 0. The monoisotopic (exact) mass is 311 g/mol. The Morgan fingerprint density at radius 3 is 2.62 bits per heavy atom. The van der Waals surface area contributed by atoms with E-state index in [9.17, 15) is 0 Å². The number of aromatic nitrogens is 1. The number of fused-ring (bicyclic) bond motifs is 3. The first-order valence-corrected chi connectivity index (χ1v) is 7.95. The Hall–Kier alpha value is -3.20. The highest BCUT2D eigenvalue weighted by atomic mass is 15.0. The molecule has 1 aromatic heterocycles. The second kappa shape index (κ2) is 6.13. The Labute approximate surface area is 141 Å². The van der Waals surface area contributed by atoms with E-state index in [1.165, 1.54) is 0 Å². The number of pyridine rings is 1. The molecule has 0 radical (unpaired) electrons. The minimum Gasteiger partial charge on any atom is -0.338 e. The lowest BCUT2D eigenvalue weighted by Crippen LogP contribution is -2.08. The van der Waals surface area contributed by atoms with E-state index in [4.69, 9.17) is 4.99 Å². The van der Waals surface area contributed by atoms with Crippen molar-refractivity contribution in [1.82, 2.24) is 4.98 Å². The largest absolute Gasteiger partial charge is 0.338 e. The van der Waals surface area contributed by atoms with E-state index in [2.05, 4.69) is 47.6 Å². The third kappa shape index (κ3) is 2.72. The van der Waals surface area contributed by atoms with Crippen LogP contribution in [0.4, 0.5) is 11.4 Å². The van der Waals surface area contributed by atoms with Crippen LogP contribution in [0.25, 0.3) is 17.3 Å². The Morgan fingerprint density at radius 1 is 0.875 bits per heavy atom. The number of nitrogens with zero attached hydrogens (tertiary/aromatic N) is 2. The van der Waals surface area contributed by atoms with Crippen LogP contribution < -0.4 is 5.32 Å². The standard InChI is InChI=1S/C21H17N3/c1-15-7-5-10-17-20(15)24-19(13-12-16-8-3-2-4-9-16)23-18-11-6-14-22-21(17)18/h2-14H,1H3,(H,23,24)/b13-12+. The van der Waals surface area contributed by atoms with Crippen molar-refractivity contribution in [2.24, 2.45) is 4.99 Å². The van der Waals surface area contributed by atoms with Gasteiger partial charge in [0.25, 0.3) is 0 Å². The SMILES string of the molecule is Cc1cccc2c1N=C(/C=C/c1ccccc1)Nc1cccnc1-2. The van der Waals surface area contributed by atoms with Crippen LogP contribution in [-0.2, 0) is 0 Å². The van der Waals surface area contributed by atoms with Gasteiger partial charge in [0.1, 0.15) is 5.84 Å². The molecule has 116 valence electrons. The zero-order chi connectivity index (χ0) is 16.4. The van der Waals surface area contributed by atoms with E-state index in [0.717, 1.165) is 39.6 Å². The third-order valence-corrected chi connectivity index (χ3v) is 4.03. The first-order chi connectivity index (χ1) is 11.8. The molecule has 0 spiro atoms. The van der Waals surface area contributed by atoms with E-state index in [1.54, 1.807) is 0 Å². The van der Waals surface area contributed by atoms with Crippen LogP contribution in [-0.4, -0.2) is 10.8 Å². The molecule has 2 heterocycles. The molecule has 1 N–H and O–H groups in total. The predicted molar refractivity (Wildman–Crippen MR) is 101 cm³/mol. The Balaban J connectivity index is 1.83. The zero-order valence-electron chi connectivity index (χ0n) is 13.4. The summed E-state index contributed by atoms with van der Waals surface area (Å²) >= 11 is 0. The van der Waals surface area contributed by atoms with Gasteiger partial charge in [0.05, 0.1) is 17.1 Å². The van der Waals surface area contributed by atoms with Gasteiger partial charge in [-0.15, -0.1) is 0 Å². The number of rotatable bonds is 2. The van der Waals surface area contributed by atoms with Gasteiger partial charge in [0.15, 0.2) is 0 Å². The van der Waals surface area contributed by atoms with Gasteiger partial charge in [-0.2, -0.15) is 0 Å². The minimum absolute atomic E-state index is 0.807. The van der Waals surface area contributed by atoms with E-state index in [1.807, 2.05) is 48.7 Å². The molecule has 3 aromatic rings. The first-order valence-electron chi connectivity index (χ1n) is 7.95. The molecule has 4 rings (SSSR count). The van der Waals surface area contributed by atoms with Crippen molar-refractivity contribution < 1.29 is 0 Å². The molecule has 0 aliphatic carbocycles. The highest BCUT2D eigenvalue weighted by Gasteiger charge is 2.16. The second-order valence-electron chi connectivity index (χ2n) is 5.74. The van der Waals surface area contributed by atoms with Crippen molar-refractivity contribution in [3.05, 3.63) is 84.1 Å². The summed E-state index contributed by atoms with van der Waals surface area (Å²) in [5.41, 5.74) is 6.21. The van der Waals surface area contributed by atoms with Crippen LogP contribution in [0, 0.1) is 6.92 Å². The molecular formula is C21H17N3.